The number of rotatable bonds is 4. The maximum absolute atomic E-state index is 8.47. The molecule has 1 rings (SSSR count). The molecule has 64 valence electrons. The lowest BCUT2D eigenvalue weighted by Gasteiger charge is -2.02. The summed E-state index contributed by atoms with van der Waals surface area (Å²) in [6.45, 7) is 3.18. The Hall–Kier alpha value is -1.34. The number of hydrogen-bond donors (Lipinski definition) is 1. The van der Waals surface area contributed by atoms with Gasteiger partial charge in [0.2, 0.25) is 0 Å². The molecular weight excluding hydrogens is 154 g/mol. The maximum Gasteiger partial charge on any atom is 0.180 e. The van der Waals surface area contributed by atoms with E-state index in [2.05, 4.69) is 16.4 Å². The maximum atomic E-state index is 8.47. The van der Waals surface area contributed by atoms with E-state index in [1.807, 2.05) is 6.92 Å². The molecule has 4 heteroatoms. The van der Waals surface area contributed by atoms with E-state index in [1.54, 1.807) is 6.20 Å². The Morgan fingerprint density at radius 2 is 2.67 bits per heavy atom. The van der Waals surface area contributed by atoms with Gasteiger partial charge >= 0.3 is 0 Å². The van der Waals surface area contributed by atoms with E-state index in [0.29, 0.717) is 13.1 Å². The third kappa shape index (κ3) is 2.72. The molecule has 0 aliphatic heterocycles. The average molecular weight is 165 g/mol. The van der Waals surface area contributed by atoms with Gasteiger partial charge in [-0.15, -0.1) is 0 Å². The Kier molecular flexibility index (Phi) is 3.30. The van der Waals surface area contributed by atoms with Gasteiger partial charge in [0.1, 0.15) is 5.76 Å². The van der Waals surface area contributed by atoms with Crippen molar-refractivity contribution in [3.63, 3.8) is 0 Å². The van der Waals surface area contributed by atoms with Crippen molar-refractivity contribution in [2.45, 2.75) is 13.5 Å². The first-order valence-electron chi connectivity index (χ1n) is 3.80. The minimum atomic E-state index is 0.0351. The SMILES string of the molecule is CC(C#N)CNCc1cnco1. The first-order valence-corrected chi connectivity index (χ1v) is 3.80. The Morgan fingerprint density at radius 1 is 1.83 bits per heavy atom. The normalized spacial score (nSPS) is 12.3. The zero-order valence-corrected chi connectivity index (χ0v) is 6.95. The molecule has 1 unspecified atom stereocenters. The molecule has 4 nitrogen and oxygen atoms in total. The van der Waals surface area contributed by atoms with Gasteiger partial charge in [0.05, 0.1) is 24.7 Å². The molecule has 0 aromatic carbocycles. The van der Waals surface area contributed by atoms with E-state index in [0.717, 1.165) is 5.76 Å². The van der Waals surface area contributed by atoms with E-state index in [1.165, 1.54) is 6.39 Å². The molecule has 1 heterocycles. The fourth-order valence-electron chi connectivity index (χ4n) is 0.787. The molecule has 0 amide bonds. The standard InChI is InChI=1S/C8H11N3O/c1-7(2-9)3-10-4-8-5-11-6-12-8/h5-7,10H,3-4H2,1H3. The molecule has 1 N–H and O–H groups in total. The lowest BCUT2D eigenvalue weighted by molar-refractivity contribution is 0.471. The van der Waals surface area contributed by atoms with Crippen LogP contribution in [0, 0.1) is 17.2 Å². The second-order valence-corrected chi connectivity index (χ2v) is 2.63. The van der Waals surface area contributed by atoms with Crippen molar-refractivity contribution < 1.29 is 4.42 Å². The first-order chi connectivity index (χ1) is 5.83. The van der Waals surface area contributed by atoms with Gasteiger partial charge in [0.15, 0.2) is 6.39 Å². The number of nitriles is 1. The summed E-state index contributed by atoms with van der Waals surface area (Å²) in [5.41, 5.74) is 0. The highest BCUT2D eigenvalue weighted by Gasteiger charge is 1.99. The number of aromatic nitrogens is 1. The number of nitrogens with zero attached hydrogens (tertiary/aromatic N) is 2. The van der Waals surface area contributed by atoms with Crippen molar-refractivity contribution >= 4 is 0 Å². The van der Waals surface area contributed by atoms with Gasteiger partial charge in [0, 0.05) is 6.54 Å². The molecule has 0 saturated carbocycles. The van der Waals surface area contributed by atoms with Crippen LogP contribution in [0.2, 0.25) is 0 Å². The number of hydrogen-bond acceptors (Lipinski definition) is 4. The van der Waals surface area contributed by atoms with Gasteiger partial charge in [-0.05, 0) is 6.92 Å². The van der Waals surface area contributed by atoms with Crippen LogP contribution in [0.25, 0.3) is 0 Å². The van der Waals surface area contributed by atoms with Gasteiger partial charge in [-0.2, -0.15) is 5.26 Å². The minimum Gasteiger partial charge on any atom is -0.447 e. The predicted molar refractivity (Wildman–Crippen MR) is 43.0 cm³/mol. The molecule has 0 fully saturated rings. The fourth-order valence-corrected chi connectivity index (χ4v) is 0.787. The van der Waals surface area contributed by atoms with Gasteiger partial charge in [-0.25, -0.2) is 4.98 Å². The van der Waals surface area contributed by atoms with E-state index < -0.39 is 0 Å². The summed E-state index contributed by atoms with van der Waals surface area (Å²) in [5.74, 6) is 0.827. The lowest BCUT2D eigenvalue weighted by Crippen LogP contribution is -2.19. The van der Waals surface area contributed by atoms with Crippen molar-refractivity contribution in [2.75, 3.05) is 6.54 Å². The zero-order valence-electron chi connectivity index (χ0n) is 6.95. The van der Waals surface area contributed by atoms with Crippen molar-refractivity contribution in [1.29, 1.82) is 5.26 Å². The molecule has 1 aromatic rings. The summed E-state index contributed by atoms with van der Waals surface area (Å²) < 4.78 is 4.99. The molecule has 0 aliphatic carbocycles. The summed E-state index contributed by atoms with van der Waals surface area (Å²) in [5, 5.41) is 11.5. The van der Waals surface area contributed by atoms with Crippen LogP contribution in [0.1, 0.15) is 12.7 Å². The van der Waals surface area contributed by atoms with E-state index in [9.17, 15) is 0 Å². The third-order valence-corrected chi connectivity index (χ3v) is 1.45. The van der Waals surface area contributed by atoms with E-state index in [-0.39, 0.29) is 5.92 Å². The molecule has 1 aromatic heterocycles. The van der Waals surface area contributed by atoms with Crippen LogP contribution < -0.4 is 5.32 Å². The Balaban J connectivity index is 2.16. The summed E-state index contributed by atoms with van der Waals surface area (Å²) in [6.07, 6.45) is 3.05. The Bertz CT molecular complexity index is 250. The molecule has 0 spiro atoms. The lowest BCUT2D eigenvalue weighted by atomic mass is 10.2. The monoisotopic (exact) mass is 165 g/mol. The van der Waals surface area contributed by atoms with Crippen LogP contribution in [-0.2, 0) is 6.54 Å². The van der Waals surface area contributed by atoms with Crippen LogP contribution in [0.15, 0.2) is 17.0 Å². The Labute approximate surface area is 71.2 Å². The van der Waals surface area contributed by atoms with Gasteiger partial charge < -0.3 is 9.73 Å². The van der Waals surface area contributed by atoms with Gasteiger partial charge in [-0.3, -0.25) is 0 Å². The summed E-state index contributed by atoms with van der Waals surface area (Å²) in [6, 6.07) is 2.14. The van der Waals surface area contributed by atoms with Crippen LogP contribution in [0.3, 0.4) is 0 Å². The second kappa shape index (κ2) is 4.52. The van der Waals surface area contributed by atoms with Crippen LogP contribution in [-0.4, -0.2) is 11.5 Å². The van der Waals surface area contributed by atoms with Crippen LogP contribution >= 0.6 is 0 Å². The highest BCUT2D eigenvalue weighted by molar-refractivity contribution is 4.88. The third-order valence-electron chi connectivity index (χ3n) is 1.45. The quantitative estimate of drug-likeness (QED) is 0.720. The highest BCUT2D eigenvalue weighted by Crippen LogP contribution is 1.95. The van der Waals surface area contributed by atoms with Gasteiger partial charge in [-0.1, -0.05) is 0 Å². The largest absolute Gasteiger partial charge is 0.447 e. The minimum absolute atomic E-state index is 0.0351. The fraction of sp³-hybridized carbons (Fsp3) is 0.500. The Morgan fingerprint density at radius 3 is 3.25 bits per heavy atom. The molecule has 0 bridgehead atoms. The van der Waals surface area contributed by atoms with E-state index >= 15 is 0 Å². The molecule has 0 saturated heterocycles. The van der Waals surface area contributed by atoms with Crippen molar-refractivity contribution in [3.05, 3.63) is 18.4 Å². The smallest absolute Gasteiger partial charge is 0.180 e. The van der Waals surface area contributed by atoms with Crippen molar-refractivity contribution in [3.8, 4) is 6.07 Å². The second-order valence-electron chi connectivity index (χ2n) is 2.63. The summed E-state index contributed by atoms with van der Waals surface area (Å²) in [7, 11) is 0. The number of nitrogens with one attached hydrogen (secondary N) is 1. The molecule has 0 aliphatic rings. The highest BCUT2D eigenvalue weighted by atomic mass is 16.3. The van der Waals surface area contributed by atoms with Crippen molar-refractivity contribution in [2.24, 2.45) is 5.92 Å². The van der Waals surface area contributed by atoms with Gasteiger partial charge in [0.25, 0.3) is 0 Å². The number of oxazole rings is 1. The topological polar surface area (TPSA) is 61.9 Å². The van der Waals surface area contributed by atoms with Crippen molar-refractivity contribution in [1.82, 2.24) is 10.3 Å². The molecular formula is C8H11N3O. The first kappa shape index (κ1) is 8.75. The molecule has 12 heavy (non-hydrogen) atoms. The average Bonchev–Trinajstić information content (AvgIpc) is 2.57. The van der Waals surface area contributed by atoms with Crippen LogP contribution in [0.5, 0.6) is 0 Å². The summed E-state index contributed by atoms with van der Waals surface area (Å²) >= 11 is 0. The van der Waals surface area contributed by atoms with Crippen LogP contribution in [0.4, 0.5) is 0 Å². The van der Waals surface area contributed by atoms with E-state index in [4.69, 9.17) is 9.68 Å². The zero-order chi connectivity index (χ0) is 8.81. The summed E-state index contributed by atoms with van der Waals surface area (Å²) in [4.78, 5) is 3.77. The molecule has 1 atom stereocenters. The molecule has 0 radical (unpaired) electrons. The predicted octanol–water partition coefficient (Wildman–Crippen LogP) is 0.924.